The first kappa shape index (κ1) is 28.1. The van der Waals surface area contributed by atoms with Crippen molar-refractivity contribution < 1.29 is 19.7 Å². The lowest BCUT2D eigenvalue weighted by Gasteiger charge is -2.28. The summed E-state index contributed by atoms with van der Waals surface area (Å²) < 4.78 is 0. The third-order valence-electron chi connectivity index (χ3n) is 7.40. The van der Waals surface area contributed by atoms with Crippen LogP contribution in [-0.2, 0) is 16.1 Å². The third-order valence-corrected chi connectivity index (χ3v) is 7.40. The van der Waals surface area contributed by atoms with Gasteiger partial charge in [-0.2, -0.15) is 4.98 Å². The average Bonchev–Trinajstić information content (AvgIpc) is 2.95. The van der Waals surface area contributed by atoms with Crippen LogP contribution in [-0.4, -0.2) is 60.2 Å². The zero-order valence-electron chi connectivity index (χ0n) is 23.0. The van der Waals surface area contributed by atoms with Gasteiger partial charge < -0.3 is 20.6 Å². The number of aromatic nitrogens is 2. The van der Waals surface area contributed by atoms with Crippen LogP contribution < -0.4 is 15.5 Å². The van der Waals surface area contributed by atoms with E-state index in [4.69, 9.17) is 4.98 Å². The Hall–Kier alpha value is -3.95. The number of benzene rings is 2. The second kappa shape index (κ2) is 13.2. The molecule has 0 radical (unpaired) electrons. The molecule has 1 heterocycles. The van der Waals surface area contributed by atoms with Crippen LogP contribution in [0, 0.1) is 16.7 Å². The van der Waals surface area contributed by atoms with Crippen molar-refractivity contribution in [1.29, 1.82) is 0 Å². The highest BCUT2D eigenvalue weighted by Gasteiger charge is 2.23. The number of para-hydroxylation sites is 1. The summed E-state index contributed by atoms with van der Waals surface area (Å²) in [7, 11) is 5.22. The van der Waals surface area contributed by atoms with E-state index >= 15 is 0 Å². The van der Waals surface area contributed by atoms with Gasteiger partial charge in [-0.3, -0.25) is 4.79 Å². The number of anilines is 2. The quantitative estimate of drug-likeness (QED) is 0.225. The third kappa shape index (κ3) is 7.55. The Morgan fingerprint density at radius 1 is 1.10 bits per heavy atom. The van der Waals surface area contributed by atoms with Gasteiger partial charge in [-0.15, -0.1) is 0 Å². The predicted octanol–water partition coefficient (Wildman–Crippen LogP) is 4.73. The van der Waals surface area contributed by atoms with Gasteiger partial charge in [0.1, 0.15) is 5.82 Å². The summed E-state index contributed by atoms with van der Waals surface area (Å²) in [5.41, 5.74) is 1.57. The van der Waals surface area contributed by atoms with Crippen molar-refractivity contribution in [3.63, 3.8) is 0 Å². The number of phenolic OH excluding ortho intramolecular Hbond substituents is 1. The monoisotopic (exact) mass is 535 g/mol. The van der Waals surface area contributed by atoms with E-state index in [1.165, 1.54) is 38.5 Å². The van der Waals surface area contributed by atoms with E-state index in [0.717, 1.165) is 42.5 Å². The smallest absolute Gasteiger partial charge is 0.358 e. The molecule has 0 aliphatic heterocycles. The van der Waals surface area contributed by atoms with Crippen molar-refractivity contribution in [2.45, 2.75) is 44.9 Å². The minimum Gasteiger partial charge on any atom is -0.502 e. The fourth-order valence-electron chi connectivity index (χ4n) is 5.22. The lowest BCUT2D eigenvalue weighted by Crippen LogP contribution is -2.32. The van der Waals surface area contributed by atoms with Crippen LogP contribution in [0.15, 0.2) is 42.5 Å². The van der Waals surface area contributed by atoms with E-state index in [-0.39, 0.29) is 28.7 Å². The molecule has 1 aromatic heterocycles. The van der Waals surface area contributed by atoms with Gasteiger partial charge in [0.25, 0.3) is 4.92 Å². The summed E-state index contributed by atoms with van der Waals surface area (Å²) in [6.45, 7) is 1.51. The van der Waals surface area contributed by atoms with Crippen molar-refractivity contribution in [3.8, 4) is 5.75 Å². The number of rotatable bonds is 12. The van der Waals surface area contributed by atoms with Gasteiger partial charge in [0.15, 0.2) is 12.9 Å². The zero-order valence-corrected chi connectivity index (χ0v) is 23.0. The highest BCUT2D eigenvalue weighted by Crippen LogP contribution is 2.31. The van der Waals surface area contributed by atoms with Gasteiger partial charge in [-0.25, -0.2) is 9.82 Å². The molecule has 0 saturated heterocycles. The summed E-state index contributed by atoms with van der Waals surface area (Å²) in [6.07, 6.45) is 6.95. The summed E-state index contributed by atoms with van der Waals surface area (Å²) >= 11 is 0. The summed E-state index contributed by atoms with van der Waals surface area (Å²) in [4.78, 5) is 40.4. The number of nitrogens with one attached hydrogen (secondary N) is 2. The molecule has 1 aliphatic carbocycles. The number of aromatic hydroxyl groups is 1. The van der Waals surface area contributed by atoms with Crippen molar-refractivity contribution in [3.05, 3.63) is 52.9 Å². The molecule has 1 aliphatic rings. The van der Waals surface area contributed by atoms with E-state index < -0.39 is 0 Å². The number of fused-ring (bicyclic) bond motifs is 1. The number of carbonyl (C=O) groups excluding carboxylic acids is 1. The maximum absolute atomic E-state index is 12.5. The van der Waals surface area contributed by atoms with Gasteiger partial charge in [-0.1, -0.05) is 31.0 Å². The molecule has 10 nitrogen and oxygen atoms in total. The second-order valence-corrected chi connectivity index (χ2v) is 10.5. The topological polar surface area (TPSA) is 120 Å². The van der Waals surface area contributed by atoms with E-state index in [1.807, 2.05) is 43.3 Å². The van der Waals surface area contributed by atoms with Crippen molar-refractivity contribution in [1.82, 2.24) is 15.3 Å². The van der Waals surface area contributed by atoms with Crippen molar-refractivity contribution in [2.75, 3.05) is 44.5 Å². The molecule has 0 bridgehead atoms. The number of hydrogen-bond acceptors (Lipinski definition) is 8. The molecule has 2 aromatic carbocycles. The normalized spacial score (nSPS) is 17.0. The molecular weight excluding hydrogens is 496 g/mol. The minimum absolute atomic E-state index is 0.0144. The molecule has 10 heteroatoms. The highest BCUT2D eigenvalue weighted by atomic mass is 16.8. The van der Waals surface area contributed by atoms with E-state index in [0.29, 0.717) is 29.9 Å². The number of hydrogen-bond donors (Lipinski definition) is 3. The SMILES string of the molecule is CO[N+](=O)c1cc(CC(=O)NCC2CCC(CCCNc3nc(N(C)C)c4ccccc4n3)CC2)ccc1O. The molecule has 0 spiro atoms. The largest absolute Gasteiger partial charge is 0.502 e. The van der Waals surface area contributed by atoms with E-state index in [1.54, 1.807) is 6.07 Å². The number of carbonyl (C=O) groups is 1. The molecule has 3 aromatic rings. The minimum atomic E-state index is -0.191. The molecule has 1 fully saturated rings. The number of nitrogens with zero attached hydrogens (tertiary/aromatic N) is 4. The molecule has 1 saturated carbocycles. The Labute approximate surface area is 229 Å². The van der Waals surface area contributed by atoms with Crippen LogP contribution in [0.4, 0.5) is 17.5 Å². The van der Waals surface area contributed by atoms with Gasteiger partial charge >= 0.3 is 5.69 Å². The van der Waals surface area contributed by atoms with Crippen LogP contribution in [0.1, 0.15) is 44.1 Å². The van der Waals surface area contributed by atoms with Gasteiger partial charge in [-0.05, 0) is 61.3 Å². The number of phenols is 1. The molecule has 3 N–H and O–H groups in total. The van der Waals surface area contributed by atoms with Gasteiger partial charge in [0.2, 0.25) is 11.9 Å². The molecule has 1 amide bonds. The molecule has 4 rings (SSSR count). The Balaban J connectivity index is 1.15. The summed E-state index contributed by atoms with van der Waals surface area (Å²) in [5.74, 6) is 2.50. The summed E-state index contributed by atoms with van der Waals surface area (Å²) in [6, 6.07) is 12.6. The molecule has 0 atom stereocenters. The molecular formula is C29H39N6O4+. The first-order chi connectivity index (χ1) is 18.8. The van der Waals surface area contributed by atoms with Crippen molar-refractivity contribution in [2.24, 2.45) is 11.8 Å². The number of amides is 1. The van der Waals surface area contributed by atoms with Crippen LogP contribution in [0.25, 0.3) is 10.9 Å². The van der Waals surface area contributed by atoms with Gasteiger partial charge in [0, 0.05) is 38.6 Å². The van der Waals surface area contributed by atoms with Crippen molar-refractivity contribution >= 4 is 34.3 Å². The summed E-state index contributed by atoms with van der Waals surface area (Å²) in [5, 5.41) is 17.3. The first-order valence-corrected chi connectivity index (χ1v) is 13.6. The van der Waals surface area contributed by atoms with Crippen LogP contribution in [0.3, 0.4) is 0 Å². The predicted molar refractivity (Wildman–Crippen MR) is 152 cm³/mol. The van der Waals surface area contributed by atoms with E-state index in [2.05, 4.69) is 20.5 Å². The standard InChI is InChI=1S/C29H38N6O4/c1-34(2)28-23-8-4-5-9-24(23)32-29(33-28)30-16-6-7-20-10-12-21(13-11-20)19-31-27(37)18-22-14-15-26(36)25(17-22)35(38)39-3/h4-5,8-9,14-15,17,20-21H,6-7,10-13,16,18-19H2,1-3H3,(H2-,30,31,32,33,36,37,38)/p+1. The zero-order chi connectivity index (χ0) is 27.8. The fourth-order valence-corrected chi connectivity index (χ4v) is 5.22. The maximum atomic E-state index is 12.5. The molecule has 0 unspecified atom stereocenters. The molecule has 208 valence electrons. The van der Waals surface area contributed by atoms with E-state index in [9.17, 15) is 14.8 Å². The lowest BCUT2D eigenvalue weighted by molar-refractivity contribution is -0.736. The average molecular weight is 536 g/mol. The van der Waals surface area contributed by atoms with Crippen LogP contribution in [0.2, 0.25) is 0 Å². The highest BCUT2D eigenvalue weighted by molar-refractivity contribution is 5.90. The Morgan fingerprint density at radius 3 is 2.59 bits per heavy atom. The fraction of sp³-hybridized carbons (Fsp3) is 0.483. The van der Waals surface area contributed by atoms with Crippen LogP contribution >= 0.6 is 0 Å². The Kier molecular flexibility index (Phi) is 9.51. The first-order valence-electron chi connectivity index (χ1n) is 13.6. The Bertz CT molecular complexity index is 1290. The van der Waals surface area contributed by atoms with Gasteiger partial charge in [0.05, 0.1) is 16.8 Å². The maximum Gasteiger partial charge on any atom is 0.358 e. The van der Waals surface area contributed by atoms with Crippen LogP contribution in [0.5, 0.6) is 5.75 Å². The Morgan fingerprint density at radius 2 is 1.85 bits per heavy atom. The molecule has 39 heavy (non-hydrogen) atoms. The lowest BCUT2D eigenvalue weighted by atomic mass is 9.80. The second-order valence-electron chi connectivity index (χ2n) is 10.5.